The molecule has 0 aromatic carbocycles. The van der Waals surface area contributed by atoms with E-state index in [4.69, 9.17) is 9.84 Å². The molecule has 3 atom stereocenters. The number of aliphatic hydroxyl groups is 1. The first-order valence-corrected chi connectivity index (χ1v) is 6.80. The molecule has 1 unspecified atom stereocenters. The second-order valence-corrected chi connectivity index (χ2v) is 5.54. The number of rotatable bonds is 2. The molecule has 5 nitrogen and oxygen atoms in total. The van der Waals surface area contributed by atoms with Crippen molar-refractivity contribution in [2.75, 3.05) is 12.4 Å². The van der Waals surface area contributed by atoms with Gasteiger partial charge in [-0.3, -0.25) is 0 Å². The van der Waals surface area contributed by atoms with Gasteiger partial charge in [0.05, 0.1) is 0 Å². The molecule has 8 heteroatoms. The minimum atomic E-state index is -0.551. The molecule has 0 radical (unpaired) electrons. The Morgan fingerprint density at radius 2 is 2.56 bits per heavy atom. The molecular weight excluding hydrogens is 298 g/mol. The van der Waals surface area contributed by atoms with Crippen LogP contribution in [-0.4, -0.2) is 49.3 Å². The van der Waals surface area contributed by atoms with E-state index in [1.807, 2.05) is 0 Å². The van der Waals surface area contributed by atoms with Crippen LogP contribution in [0.2, 0.25) is 0 Å². The van der Waals surface area contributed by atoms with Crippen molar-refractivity contribution >= 4 is 33.1 Å². The summed E-state index contributed by atoms with van der Waals surface area (Å²) in [5, 5.41) is 8.88. The van der Waals surface area contributed by atoms with Gasteiger partial charge in [-0.05, 0) is 0 Å². The minimum absolute atomic E-state index is 0.124. The van der Waals surface area contributed by atoms with Crippen molar-refractivity contribution < 1.29 is 14.2 Å². The van der Waals surface area contributed by atoms with Crippen LogP contribution in [0.3, 0.4) is 0 Å². The van der Waals surface area contributed by atoms with Crippen molar-refractivity contribution in [1.82, 2.24) is 9.55 Å². The maximum atomic E-state index is 13.3. The molecule has 0 bridgehead atoms. The molecule has 16 heavy (non-hydrogen) atoms. The Kier molecular flexibility index (Phi) is 3.69. The number of halogens is 1. The van der Waals surface area contributed by atoms with Gasteiger partial charge in [-0.2, -0.15) is 0 Å². The fourth-order valence-corrected chi connectivity index (χ4v) is 2.67. The van der Waals surface area contributed by atoms with E-state index in [0.29, 0.717) is 5.75 Å². The summed E-state index contributed by atoms with van der Waals surface area (Å²) in [6.45, 7) is -0.124. The van der Waals surface area contributed by atoms with Crippen LogP contribution in [0.1, 0.15) is 6.23 Å². The van der Waals surface area contributed by atoms with Crippen LogP contribution >= 0.6 is 11.8 Å². The van der Waals surface area contributed by atoms with Crippen molar-refractivity contribution in [2.45, 2.75) is 11.7 Å². The number of aromatic nitrogens is 2. The van der Waals surface area contributed by atoms with Gasteiger partial charge in [0.15, 0.2) is 0 Å². The maximum absolute atomic E-state index is 13.3. The summed E-state index contributed by atoms with van der Waals surface area (Å²) in [7, 11) is 0. The van der Waals surface area contributed by atoms with Crippen LogP contribution < -0.4 is 10.2 Å². The summed E-state index contributed by atoms with van der Waals surface area (Å²) < 4.78 is 19.9. The summed E-state index contributed by atoms with van der Waals surface area (Å²) in [5.74, 6) is -0.0128. The average molecular weight is 308 g/mol. The summed E-state index contributed by atoms with van der Waals surface area (Å²) in [6.07, 6.45) is 0.557. The normalized spacial score (nSPS) is 24.9. The predicted molar refractivity (Wildman–Crippen MR) is 60.1 cm³/mol. The van der Waals surface area contributed by atoms with Crippen LogP contribution in [0.15, 0.2) is 11.0 Å². The van der Waals surface area contributed by atoms with E-state index in [2.05, 4.69) is 4.98 Å². The third-order valence-electron chi connectivity index (χ3n) is 2.13. The van der Waals surface area contributed by atoms with Gasteiger partial charge >= 0.3 is 103 Å². The number of hydrogen-bond donors (Lipinski definition) is 1. The average Bonchev–Trinajstić information content (AvgIpc) is 2.71. The molecule has 2 rings (SSSR count). The molecule has 1 aliphatic rings. The summed E-state index contributed by atoms with van der Waals surface area (Å²) in [6, 6.07) is 0. The third-order valence-corrected chi connectivity index (χ3v) is 4.09. The van der Waals surface area contributed by atoms with Gasteiger partial charge < -0.3 is 0 Å². The van der Waals surface area contributed by atoms with Gasteiger partial charge in [-0.1, -0.05) is 0 Å². The third kappa shape index (κ3) is 2.32. The molecule has 2 heterocycles. The van der Waals surface area contributed by atoms with Crippen molar-refractivity contribution in [3.05, 3.63) is 22.5 Å². The van der Waals surface area contributed by atoms with Crippen molar-refractivity contribution in [3.8, 4) is 0 Å². The molecule has 1 N–H and O–H groups in total. The van der Waals surface area contributed by atoms with Crippen LogP contribution in [0, 0.1) is 5.82 Å². The van der Waals surface area contributed by atoms with E-state index >= 15 is 0 Å². The Morgan fingerprint density at radius 1 is 1.81 bits per heavy atom. The summed E-state index contributed by atoms with van der Waals surface area (Å²) in [4.78, 5) is 15.1. The Labute approximate surface area is 104 Å². The van der Waals surface area contributed by atoms with Crippen LogP contribution in [0.25, 0.3) is 0 Å². The van der Waals surface area contributed by atoms with E-state index in [1.54, 1.807) is 0 Å². The zero-order valence-corrected chi connectivity index (χ0v) is 11.4. The van der Waals surface area contributed by atoms with Crippen molar-refractivity contribution in [1.29, 1.82) is 0 Å². The van der Waals surface area contributed by atoms with Gasteiger partial charge in [-0.15, -0.1) is 0 Å². The SMILES string of the molecule is O=c1nc([AsH2])c(F)cn1[C@@H]1CS[C@H](CO)O1. The molecule has 0 aliphatic carbocycles. The Balaban J connectivity index is 2.28. The van der Waals surface area contributed by atoms with Gasteiger partial charge in [0.2, 0.25) is 0 Å². The number of aliphatic hydroxyl groups excluding tert-OH is 1. The number of ether oxygens (including phenoxy) is 1. The second-order valence-electron chi connectivity index (χ2n) is 3.20. The molecule has 88 valence electrons. The van der Waals surface area contributed by atoms with Gasteiger partial charge in [0, 0.05) is 0 Å². The zero-order valence-electron chi connectivity index (χ0n) is 8.17. The quantitative estimate of drug-likeness (QED) is 0.655. The molecule has 1 aromatic heterocycles. The van der Waals surface area contributed by atoms with Crippen molar-refractivity contribution in [2.24, 2.45) is 0 Å². The molecule has 1 saturated heterocycles. The van der Waals surface area contributed by atoms with Crippen LogP contribution in [-0.2, 0) is 4.74 Å². The molecule has 1 aliphatic heterocycles. The molecule has 0 saturated carbocycles. The fourth-order valence-electron chi connectivity index (χ4n) is 1.35. The van der Waals surface area contributed by atoms with Crippen LogP contribution in [0.4, 0.5) is 4.39 Å². The Bertz CT molecular complexity index is 455. The first-order valence-electron chi connectivity index (χ1n) is 4.54. The van der Waals surface area contributed by atoms with Crippen molar-refractivity contribution in [3.63, 3.8) is 0 Å². The standard InChI is InChI=1S/C8H10AsFN2O3S/c9-7-4(10)1-12(8(14)11-7)5-3-16-6(2-13)15-5/h1,5-6,13H,2-3,9H2/t5-,6+/m0/s1. The van der Waals surface area contributed by atoms with Gasteiger partial charge in [-0.25, -0.2) is 0 Å². The summed E-state index contributed by atoms with van der Waals surface area (Å²) in [5.41, 5.74) is -0.879. The fraction of sp³-hybridized carbons (Fsp3) is 0.500. The molecule has 1 aromatic rings. The first kappa shape index (κ1) is 12.1. The molecule has 0 spiro atoms. The zero-order chi connectivity index (χ0) is 11.7. The van der Waals surface area contributed by atoms with E-state index in [1.165, 1.54) is 11.8 Å². The summed E-state index contributed by atoms with van der Waals surface area (Å²) >= 11 is 2.35. The van der Waals surface area contributed by atoms with Gasteiger partial charge in [0.1, 0.15) is 0 Å². The Morgan fingerprint density at radius 3 is 3.19 bits per heavy atom. The molecule has 0 amide bonds. The van der Waals surface area contributed by atoms with Gasteiger partial charge in [0.25, 0.3) is 0 Å². The number of thioether (sulfide) groups is 1. The van der Waals surface area contributed by atoms with E-state index in [9.17, 15) is 9.18 Å². The molecular formula is C8H10AsFN2O3S. The first-order chi connectivity index (χ1) is 7.61. The topological polar surface area (TPSA) is 64.4 Å². The second kappa shape index (κ2) is 4.87. The number of hydrogen-bond acceptors (Lipinski definition) is 5. The van der Waals surface area contributed by atoms with E-state index in [-0.39, 0.29) is 16.5 Å². The predicted octanol–water partition coefficient (Wildman–Crippen LogP) is -1.78. The monoisotopic (exact) mass is 308 g/mol. The van der Waals surface area contributed by atoms with E-state index < -0.39 is 17.7 Å². The molecule has 1 fully saturated rings. The van der Waals surface area contributed by atoms with Crippen LogP contribution in [0.5, 0.6) is 0 Å². The van der Waals surface area contributed by atoms with E-state index in [0.717, 1.165) is 27.6 Å². The Hall–Kier alpha value is -0.362. The number of nitrogens with zero attached hydrogens (tertiary/aromatic N) is 2.